The van der Waals surface area contributed by atoms with E-state index in [0.29, 0.717) is 50.6 Å². The number of nitrogens with zero attached hydrogens (tertiary/aromatic N) is 3. The number of ether oxygens (including phenoxy) is 3. The molecule has 2 aromatic rings. The van der Waals surface area contributed by atoms with Crippen LogP contribution in [0, 0.1) is 11.3 Å². The summed E-state index contributed by atoms with van der Waals surface area (Å²) >= 11 is 0. The third-order valence-corrected chi connectivity index (χ3v) is 5.39. The van der Waals surface area contributed by atoms with E-state index in [4.69, 9.17) is 14.2 Å². The monoisotopic (exact) mass is 422 g/mol. The smallest absolute Gasteiger partial charge is 0.262 e. The summed E-state index contributed by atoms with van der Waals surface area (Å²) in [5, 5.41) is 12.7. The molecule has 0 radical (unpaired) electrons. The number of nitrogens with one attached hydrogen (secondary N) is 1. The highest BCUT2D eigenvalue weighted by Crippen LogP contribution is 2.38. The number of fused-ring (bicyclic) bond motifs is 1. The quantitative estimate of drug-likeness (QED) is 0.791. The summed E-state index contributed by atoms with van der Waals surface area (Å²) < 4.78 is 17.3. The molecule has 162 valence electrons. The van der Waals surface area contributed by atoms with Gasteiger partial charge < -0.3 is 24.4 Å². The molecular formula is C23H26N4O4. The molecule has 2 aliphatic rings. The Hall–Kier alpha value is -3.15. The lowest BCUT2D eigenvalue weighted by Gasteiger charge is -2.36. The van der Waals surface area contributed by atoms with Crippen LogP contribution >= 0.6 is 0 Å². The highest BCUT2D eigenvalue weighted by Gasteiger charge is 2.34. The fourth-order valence-electron chi connectivity index (χ4n) is 3.83. The van der Waals surface area contributed by atoms with Gasteiger partial charge in [0.1, 0.15) is 17.5 Å². The van der Waals surface area contributed by atoms with Crippen molar-refractivity contribution < 1.29 is 19.0 Å². The first kappa shape index (κ1) is 21.1. The molecular weight excluding hydrogens is 396 g/mol. The lowest BCUT2D eigenvalue weighted by atomic mass is 9.89. The topological polar surface area (TPSA) is 96.7 Å². The first-order valence-corrected chi connectivity index (χ1v) is 10.4. The summed E-state index contributed by atoms with van der Waals surface area (Å²) in [6, 6.07) is 11.4. The molecule has 1 aromatic heterocycles. The summed E-state index contributed by atoms with van der Waals surface area (Å²) in [5.74, 6) is 0.612. The molecule has 0 spiro atoms. The largest absolute Gasteiger partial charge is 0.467 e. The van der Waals surface area contributed by atoms with Crippen LogP contribution in [0.25, 0.3) is 0 Å². The Morgan fingerprint density at radius 1 is 1.26 bits per heavy atom. The predicted octanol–water partition coefficient (Wildman–Crippen LogP) is 2.66. The van der Waals surface area contributed by atoms with E-state index in [1.165, 1.54) is 0 Å². The zero-order chi connectivity index (χ0) is 21.8. The van der Waals surface area contributed by atoms with Crippen molar-refractivity contribution in [2.24, 2.45) is 0 Å². The van der Waals surface area contributed by atoms with Crippen molar-refractivity contribution in [3.8, 4) is 11.9 Å². The van der Waals surface area contributed by atoms with Crippen LogP contribution in [-0.2, 0) is 27.3 Å². The van der Waals surface area contributed by atoms with E-state index in [1.54, 1.807) is 12.1 Å². The molecule has 1 saturated heterocycles. The zero-order valence-electron chi connectivity index (χ0n) is 17.8. The molecule has 0 atom stereocenters. The Labute approximate surface area is 181 Å². The molecule has 1 N–H and O–H groups in total. The number of pyridine rings is 1. The molecule has 1 amide bonds. The lowest BCUT2D eigenvalue weighted by Crippen LogP contribution is -2.39. The number of aromatic nitrogens is 1. The van der Waals surface area contributed by atoms with Crippen LogP contribution in [0.1, 0.15) is 30.5 Å². The van der Waals surface area contributed by atoms with Gasteiger partial charge in [0.2, 0.25) is 5.88 Å². The van der Waals surface area contributed by atoms with Gasteiger partial charge in [0.25, 0.3) is 5.91 Å². The Morgan fingerprint density at radius 3 is 2.71 bits per heavy atom. The normalized spacial score (nSPS) is 17.4. The van der Waals surface area contributed by atoms with Crippen molar-refractivity contribution in [2.75, 3.05) is 43.1 Å². The number of para-hydroxylation sites is 1. The molecule has 8 nitrogen and oxygen atoms in total. The molecule has 31 heavy (non-hydrogen) atoms. The molecule has 0 saturated carbocycles. The summed E-state index contributed by atoms with van der Waals surface area (Å²) in [4.78, 5) is 19.2. The highest BCUT2D eigenvalue weighted by molar-refractivity contribution is 5.91. The summed E-state index contributed by atoms with van der Waals surface area (Å²) in [7, 11) is 0. The highest BCUT2D eigenvalue weighted by atomic mass is 16.5. The molecule has 0 bridgehead atoms. The maximum atomic E-state index is 12.4. The third kappa shape index (κ3) is 4.79. The zero-order valence-corrected chi connectivity index (χ0v) is 17.8. The van der Waals surface area contributed by atoms with E-state index in [1.807, 2.05) is 32.0 Å². The second-order valence-electron chi connectivity index (χ2n) is 8.21. The van der Waals surface area contributed by atoms with Crippen molar-refractivity contribution in [1.82, 2.24) is 4.98 Å². The van der Waals surface area contributed by atoms with Crippen LogP contribution in [0.3, 0.4) is 0 Å². The van der Waals surface area contributed by atoms with Gasteiger partial charge >= 0.3 is 0 Å². The Kier molecular flexibility index (Phi) is 6.07. The average molecular weight is 422 g/mol. The van der Waals surface area contributed by atoms with Crippen LogP contribution in [0.2, 0.25) is 0 Å². The van der Waals surface area contributed by atoms with Crippen LogP contribution in [0.4, 0.5) is 11.5 Å². The minimum Gasteiger partial charge on any atom is -0.467 e. The number of carbonyl (C=O) groups excluding carboxylic acids is 1. The maximum absolute atomic E-state index is 12.4. The molecule has 0 unspecified atom stereocenters. The van der Waals surface area contributed by atoms with Gasteiger partial charge in [-0.05, 0) is 31.5 Å². The van der Waals surface area contributed by atoms with E-state index in [-0.39, 0.29) is 18.4 Å². The van der Waals surface area contributed by atoms with Gasteiger partial charge in [0.05, 0.1) is 25.4 Å². The van der Waals surface area contributed by atoms with Gasteiger partial charge in [0.15, 0.2) is 6.61 Å². The summed E-state index contributed by atoms with van der Waals surface area (Å²) in [5.41, 5.74) is 2.45. The predicted molar refractivity (Wildman–Crippen MR) is 115 cm³/mol. The van der Waals surface area contributed by atoms with E-state index in [9.17, 15) is 10.1 Å². The number of hydrogen-bond acceptors (Lipinski definition) is 7. The second kappa shape index (κ2) is 8.92. The number of morpholine rings is 1. The van der Waals surface area contributed by atoms with Gasteiger partial charge in [-0.2, -0.15) is 10.2 Å². The number of amides is 1. The van der Waals surface area contributed by atoms with Crippen LogP contribution in [0.5, 0.6) is 5.88 Å². The minimum atomic E-state index is -0.399. The lowest BCUT2D eigenvalue weighted by molar-refractivity contribution is -0.118. The van der Waals surface area contributed by atoms with E-state index in [2.05, 4.69) is 21.3 Å². The molecule has 2 aliphatic heterocycles. The van der Waals surface area contributed by atoms with Gasteiger partial charge in [-0.15, -0.1) is 0 Å². The summed E-state index contributed by atoms with van der Waals surface area (Å²) in [6.45, 7) is 6.76. The standard InChI is InChI=1S/C23H26N4O4/c1-23(2)12-17-18(13-24)22(30-15-20(28)25-16-6-4-3-5-7-16)26-21(19(17)14-31-23)27-8-10-29-11-9-27/h3-7H,8-12,14-15H2,1-2H3,(H,25,28). The number of anilines is 2. The number of rotatable bonds is 5. The van der Waals surface area contributed by atoms with Crippen molar-refractivity contribution in [3.05, 3.63) is 47.0 Å². The van der Waals surface area contributed by atoms with Crippen molar-refractivity contribution in [2.45, 2.75) is 32.5 Å². The minimum absolute atomic E-state index is 0.184. The van der Waals surface area contributed by atoms with Gasteiger partial charge in [-0.3, -0.25) is 4.79 Å². The maximum Gasteiger partial charge on any atom is 0.262 e. The fraction of sp³-hybridized carbons (Fsp3) is 0.435. The number of nitriles is 1. The molecule has 8 heteroatoms. The van der Waals surface area contributed by atoms with E-state index in [0.717, 1.165) is 16.9 Å². The second-order valence-corrected chi connectivity index (χ2v) is 8.21. The first-order chi connectivity index (χ1) is 15.0. The van der Waals surface area contributed by atoms with Crippen LogP contribution in [0.15, 0.2) is 30.3 Å². The van der Waals surface area contributed by atoms with E-state index >= 15 is 0 Å². The van der Waals surface area contributed by atoms with Gasteiger partial charge in [0, 0.05) is 30.8 Å². The van der Waals surface area contributed by atoms with Crippen molar-refractivity contribution >= 4 is 17.4 Å². The van der Waals surface area contributed by atoms with Crippen LogP contribution < -0.4 is 15.0 Å². The van der Waals surface area contributed by atoms with Gasteiger partial charge in [-0.1, -0.05) is 18.2 Å². The van der Waals surface area contributed by atoms with E-state index < -0.39 is 5.60 Å². The van der Waals surface area contributed by atoms with Crippen molar-refractivity contribution in [3.63, 3.8) is 0 Å². The molecule has 1 aromatic carbocycles. The molecule has 4 rings (SSSR count). The number of benzene rings is 1. The molecule has 3 heterocycles. The molecule has 0 aliphatic carbocycles. The Morgan fingerprint density at radius 2 is 2.00 bits per heavy atom. The SMILES string of the molecule is CC1(C)Cc2c(C#N)c(OCC(=O)Nc3ccccc3)nc(N3CCOCC3)c2CO1. The summed E-state index contributed by atoms with van der Waals surface area (Å²) in [6.07, 6.45) is 0.567. The first-order valence-electron chi connectivity index (χ1n) is 10.4. The Balaban J connectivity index is 1.63. The average Bonchev–Trinajstić information content (AvgIpc) is 2.77. The Bertz CT molecular complexity index is 995. The number of carbonyl (C=O) groups is 1. The fourth-order valence-corrected chi connectivity index (χ4v) is 3.83. The molecule has 1 fully saturated rings. The van der Waals surface area contributed by atoms with Gasteiger partial charge in [-0.25, -0.2) is 0 Å². The van der Waals surface area contributed by atoms with Crippen LogP contribution in [-0.4, -0.2) is 49.4 Å². The van der Waals surface area contributed by atoms with Crippen molar-refractivity contribution in [1.29, 1.82) is 5.26 Å². The third-order valence-electron chi connectivity index (χ3n) is 5.39. The number of hydrogen-bond donors (Lipinski definition) is 1.